The first-order valence-electron chi connectivity index (χ1n) is 20.6. The predicted molar refractivity (Wildman–Crippen MR) is 251 cm³/mol. The van der Waals surface area contributed by atoms with Crippen molar-refractivity contribution in [3.63, 3.8) is 0 Å². The van der Waals surface area contributed by atoms with Crippen LogP contribution in [0.3, 0.4) is 0 Å². The fourth-order valence-electron chi connectivity index (χ4n) is 10.3. The molecule has 0 spiro atoms. The summed E-state index contributed by atoms with van der Waals surface area (Å²) in [6.45, 7) is 4.82. The summed E-state index contributed by atoms with van der Waals surface area (Å²) >= 11 is 0. The van der Waals surface area contributed by atoms with Crippen LogP contribution in [0.1, 0.15) is 25.0 Å². The molecule has 1 aliphatic carbocycles. The Morgan fingerprint density at radius 3 is 1.69 bits per heavy atom. The van der Waals surface area contributed by atoms with Crippen LogP contribution in [0.15, 0.2) is 206 Å². The molecule has 0 bridgehead atoms. The summed E-state index contributed by atoms with van der Waals surface area (Å²) in [6.07, 6.45) is 0. The van der Waals surface area contributed by atoms with Crippen LogP contribution in [0.2, 0.25) is 0 Å². The summed E-state index contributed by atoms with van der Waals surface area (Å²) in [7, 11) is 0. The van der Waals surface area contributed by atoms with Crippen molar-refractivity contribution in [3.05, 3.63) is 217 Å². The first kappa shape index (κ1) is 33.7. The lowest BCUT2D eigenvalue weighted by Gasteiger charge is -2.34. The monoisotopic (exact) mass is 752 g/mol. The second-order valence-corrected chi connectivity index (χ2v) is 16.5. The highest BCUT2D eigenvalue weighted by Gasteiger charge is 2.39. The van der Waals surface area contributed by atoms with E-state index in [-0.39, 0.29) is 5.41 Å². The van der Waals surface area contributed by atoms with E-state index in [0.717, 1.165) is 17.1 Å². The highest BCUT2D eigenvalue weighted by Crippen LogP contribution is 2.56. The molecule has 0 saturated heterocycles. The van der Waals surface area contributed by atoms with E-state index >= 15 is 0 Å². The Bertz CT molecular complexity index is 3430. The molecule has 12 rings (SSSR count). The molecule has 0 fully saturated rings. The first-order valence-corrected chi connectivity index (χ1v) is 20.6. The van der Waals surface area contributed by atoms with Gasteiger partial charge in [0.05, 0.1) is 22.4 Å². The quantitative estimate of drug-likeness (QED) is 0.170. The number of benzene rings is 10. The van der Waals surface area contributed by atoms with Gasteiger partial charge < -0.3 is 9.47 Å². The molecule has 59 heavy (non-hydrogen) atoms. The van der Waals surface area contributed by atoms with E-state index in [9.17, 15) is 0 Å². The van der Waals surface area contributed by atoms with Crippen LogP contribution in [0.25, 0.3) is 82.1 Å². The average Bonchev–Trinajstić information content (AvgIpc) is 3.74. The lowest BCUT2D eigenvalue weighted by Crippen LogP contribution is -2.21. The Kier molecular flexibility index (Phi) is 7.31. The molecule has 0 atom stereocenters. The van der Waals surface area contributed by atoms with Gasteiger partial charge in [0.25, 0.3) is 0 Å². The summed E-state index contributed by atoms with van der Waals surface area (Å²) in [4.78, 5) is 2.56. The minimum atomic E-state index is -0.273. The van der Waals surface area contributed by atoms with Crippen LogP contribution in [0.5, 0.6) is 0 Å². The molecule has 1 aromatic heterocycles. The Balaban J connectivity index is 1.19. The molecule has 2 nitrogen and oxygen atoms in total. The standard InChI is InChI=1S/C57H40N2/c1-57(2)50-35-40-19-4-3-18-39(40)34-49(50)48-28-15-31-54(56(48)57)59(42-22-14-21-41(36-42)58-51-29-11-9-25-45(51)46-26-10-12-30-52(46)58)53-33-32-38-17-6-8-24-44(38)55(53)47-27-13-20-37-16-5-7-23-43(37)47/h3-36H,1-2H3. The van der Waals surface area contributed by atoms with Crippen LogP contribution in [0.4, 0.5) is 17.1 Å². The number of rotatable bonds is 5. The van der Waals surface area contributed by atoms with Crippen LogP contribution in [-0.2, 0) is 5.41 Å². The Labute approximate surface area is 343 Å². The molecule has 10 aromatic carbocycles. The van der Waals surface area contributed by atoms with Crippen molar-refractivity contribution in [1.82, 2.24) is 4.57 Å². The fourth-order valence-corrected chi connectivity index (χ4v) is 10.3. The largest absolute Gasteiger partial charge is 0.309 e. The number of hydrogen-bond acceptors (Lipinski definition) is 1. The molecule has 1 aliphatic rings. The molecule has 278 valence electrons. The predicted octanol–water partition coefficient (Wildman–Crippen LogP) is 15.7. The third kappa shape index (κ3) is 5.00. The molecular formula is C57H40N2. The summed E-state index contributed by atoms with van der Waals surface area (Å²) < 4.78 is 2.43. The maximum Gasteiger partial charge on any atom is 0.0546 e. The Hall–Kier alpha value is -7.42. The zero-order chi connectivity index (χ0) is 39.2. The SMILES string of the molecule is CC1(C)c2cc3ccccc3cc2-c2cccc(N(c3cccc(-n4c5ccccc5c5ccccc54)c3)c3ccc4ccccc4c3-c3cccc4ccccc34)c21. The average molecular weight is 753 g/mol. The van der Waals surface area contributed by atoms with E-state index in [1.54, 1.807) is 0 Å². The van der Waals surface area contributed by atoms with Gasteiger partial charge in [-0.15, -0.1) is 0 Å². The number of nitrogens with zero attached hydrogens (tertiary/aromatic N) is 2. The zero-order valence-corrected chi connectivity index (χ0v) is 33.0. The molecule has 11 aromatic rings. The van der Waals surface area contributed by atoms with Crippen LogP contribution in [-0.4, -0.2) is 4.57 Å². The molecule has 0 radical (unpaired) electrons. The number of hydrogen-bond donors (Lipinski definition) is 0. The Morgan fingerprint density at radius 1 is 0.390 bits per heavy atom. The van der Waals surface area contributed by atoms with E-state index in [4.69, 9.17) is 0 Å². The van der Waals surface area contributed by atoms with E-state index in [0.29, 0.717) is 0 Å². The van der Waals surface area contributed by atoms with Gasteiger partial charge in [0.1, 0.15) is 0 Å². The smallest absolute Gasteiger partial charge is 0.0546 e. The summed E-state index contributed by atoms with van der Waals surface area (Å²) in [6, 6.07) is 76.4. The molecule has 1 heterocycles. The number of para-hydroxylation sites is 2. The van der Waals surface area contributed by atoms with E-state index in [1.165, 1.54) is 93.2 Å². The zero-order valence-electron chi connectivity index (χ0n) is 33.0. The molecule has 2 heteroatoms. The third-order valence-corrected chi connectivity index (χ3v) is 12.9. The lowest BCUT2D eigenvalue weighted by molar-refractivity contribution is 0.661. The van der Waals surface area contributed by atoms with Gasteiger partial charge in [-0.3, -0.25) is 0 Å². The number of fused-ring (bicyclic) bond motifs is 9. The van der Waals surface area contributed by atoms with Crippen molar-refractivity contribution in [1.29, 1.82) is 0 Å². The second kappa shape index (κ2) is 12.8. The molecule has 0 unspecified atom stereocenters. The molecule has 0 N–H and O–H groups in total. The maximum atomic E-state index is 2.56. The summed E-state index contributed by atoms with van der Waals surface area (Å²) in [5, 5.41) is 9.97. The van der Waals surface area contributed by atoms with Crippen molar-refractivity contribution < 1.29 is 0 Å². The van der Waals surface area contributed by atoms with E-state index < -0.39 is 0 Å². The molecule has 0 amide bonds. The van der Waals surface area contributed by atoms with Gasteiger partial charge in [-0.1, -0.05) is 166 Å². The van der Waals surface area contributed by atoms with Gasteiger partial charge in [-0.2, -0.15) is 0 Å². The fraction of sp³-hybridized carbons (Fsp3) is 0.0526. The lowest BCUT2D eigenvalue weighted by atomic mass is 9.80. The highest BCUT2D eigenvalue weighted by molar-refractivity contribution is 6.12. The van der Waals surface area contributed by atoms with Gasteiger partial charge in [0.15, 0.2) is 0 Å². The van der Waals surface area contributed by atoms with Crippen molar-refractivity contribution in [2.75, 3.05) is 4.90 Å². The maximum absolute atomic E-state index is 2.56. The van der Waals surface area contributed by atoms with Crippen molar-refractivity contribution >= 4 is 71.2 Å². The highest BCUT2D eigenvalue weighted by atomic mass is 15.2. The molecule has 0 saturated carbocycles. The van der Waals surface area contributed by atoms with Gasteiger partial charge in [0.2, 0.25) is 0 Å². The van der Waals surface area contributed by atoms with Gasteiger partial charge in [-0.05, 0) is 115 Å². The molecule has 0 aliphatic heterocycles. The van der Waals surface area contributed by atoms with Gasteiger partial charge in [0, 0.05) is 33.1 Å². The van der Waals surface area contributed by atoms with Gasteiger partial charge >= 0.3 is 0 Å². The number of anilines is 3. The van der Waals surface area contributed by atoms with Crippen LogP contribution >= 0.6 is 0 Å². The summed E-state index contributed by atoms with van der Waals surface area (Å²) in [5.74, 6) is 0. The minimum Gasteiger partial charge on any atom is -0.309 e. The first-order chi connectivity index (χ1) is 29.0. The van der Waals surface area contributed by atoms with E-state index in [1.807, 2.05) is 0 Å². The number of aromatic nitrogens is 1. The van der Waals surface area contributed by atoms with Crippen molar-refractivity contribution in [2.45, 2.75) is 19.3 Å². The summed E-state index contributed by atoms with van der Waals surface area (Å²) in [5.41, 5.74) is 14.4. The Morgan fingerprint density at radius 2 is 0.949 bits per heavy atom. The molecular weight excluding hydrogens is 713 g/mol. The van der Waals surface area contributed by atoms with Crippen molar-refractivity contribution in [2.24, 2.45) is 0 Å². The van der Waals surface area contributed by atoms with Crippen molar-refractivity contribution in [3.8, 4) is 27.9 Å². The van der Waals surface area contributed by atoms with Gasteiger partial charge in [-0.25, -0.2) is 0 Å². The van der Waals surface area contributed by atoms with E-state index in [2.05, 4.69) is 230 Å². The third-order valence-electron chi connectivity index (χ3n) is 12.9. The topological polar surface area (TPSA) is 8.17 Å². The minimum absolute atomic E-state index is 0.273. The normalized spacial score (nSPS) is 13.1. The van der Waals surface area contributed by atoms with Crippen LogP contribution < -0.4 is 4.90 Å². The van der Waals surface area contributed by atoms with Crippen LogP contribution in [0, 0.1) is 0 Å². The second-order valence-electron chi connectivity index (χ2n) is 16.5.